The van der Waals surface area contributed by atoms with Crippen LogP contribution in [0.1, 0.15) is 0 Å². The predicted octanol–water partition coefficient (Wildman–Crippen LogP) is -2.88. The molecular weight excluding hydrogens is 414 g/mol. The molecule has 16 nitrogen and oxygen atoms in total. The Balaban J connectivity index is 0.000000503. The monoisotopic (exact) mass is 434 g/mol. The van der Waals surface area contributed by atoms with Crippen molar-refractivity contribution in [3.8, 4) is 0 Å². The number of carboxylic acid groups (broad SMARTS) is 2. The van der Waals surface area contributed by atoms with Crippen molar-refractivity contribution in [3.05, 3.63) is 0 Å². The molecule has 0 aromatic heterocycles. The maximum atomic E-state index is 10.8. The van der Waals surface area contributed by atoms with Crippen molar-refractivity contribution < 1.29 is 48.5 Å². The summed E-state index contributed by atoms with van der Waals surface area (Å²) in [6.45, 7) is -0.317. The van der Waals surface area contributed by atoms with Crippen molar-refractivity contribution in [2.24, 2.45) is 5.73 Å². The second kappa shape index (κ2) is 9.12. The quantitative estimate of drug-likeness (QED) is 0.115. The fraction of sp³-hybridized carbons (Fsp3) is 0.556. The van der Waals surface area contributed by atoms with Crippen LogP contribution in [-0.2, 0) is 18.7 Å². The molecule has 1 fully saturated rings. The molecule has 1 heterocycles. The number of hydrogen-bond donors (Lipinski definition) is 9. The molecule has 156 valence electrons. The average molecular weight is 434 g/mol. The number of likely N-dealkylation sites (N-methyl/N-ethyl adjacent to an activating group) is 1. The normalized spacial score (nSPS) is 15.7. The molecule has 0 radical (unpaired) electrons. The topological polar surface area (TPSA) is 273 Å². The van der Waals surface area contributed by atoms with E-state index in [4.69, 9.17) is 46.3 Å². The van der Waals surface area contributed by atoms with Crippen molar-refractivity contribution in [1.29, 1.82) is 10.8 Å². The molecule has 0 aliphatic carbocycles. The summed E-state index contributed by atoms with van der Waals surface area (Å²) in [5.74, 6) is -6.14. The van der Waals surface area contributed by atoms with E-state index in [1.54, 1.807) is 0 Å². The van der Waals surface area contributed by atoms with Crippen molar-refractivity contribution in [3.63, 3.8) is 0 Å². The van der Waals surface area contributed by atoms with Gasteiger partial charge in [-0.25, -0.2) is 14.0 Å². The minimum atomic E-state index is -4.84. The van der Waals surface area contributed by atoms with Gasteiger partial charge in [-0.1, -0.05) is 0 Å². The van der Waals surface area contributed by atoms with E-state index in [0.717, 1.165) is 11.9 Å². The van der Waals surface area contributed by atoms with Crippen LogP contribution in [0.2, 0.25) is 0 Å². The van der Waals surface area contributed by atoms with Crippen LogP contribution in [0.25, 0.3) is 0 Å². The van der Waals surface area contributed by atoms with Gasteiger partial charge < -0.3 is 45.3 Å². The van der Waals surface area contributed by atoms with Crippen molar-refractivity contribution in [2.75, 3.05) is 26.7 Å². The van der Waals surface area contributed by atoms with Crippen molar-refractivity contribution in [1.82, 2.24) is 14.5 Å². The van der Waals surface area contributed by atoms with Gasteiger partial charge in [-0.15, -0.1) is 0 Å². The molecule has 1 rings (SSSR count). The zero-order valence-corrected chi connectivity index (χ0v) is 15.6. The highest BCUT2D eigenvalue weighted by molar-refractivity contribution is 7.53. The maximum Gasteiger partial charge on any atom is 0.432 e. The fourth-order valence-corrected chi connectivity index (χ4v) is 3.41. The summed E-state index contributed by atoms with van der Waals surface area (Å²) >= 11 is 0. The van der Waals surface area contributed by atoms with Gasteiger partial charge in [0.15, 0.2) is 5.96 Å². The Hall–Kier alpha value is -2.22. The molecule has 0 saturated carbocycles. The summed E-state index contributed by atoms with van der Waals surface area (Å²) in [6.07, 6.45) is 0. The van der Waals surface area contributed by atoms with E-state index in [1.165, 1.54) is 0 Å². The largest absolute Gasteiger partial charge is 0.480 e. The van der Waals surface area contributed by atoms with Gasteiger partial charge in [0.1, 0.15) is 6.54 Å². The lowest BCUT2D eigenvalue weighted by atomic mass is 10.5. The highest BCUT2D eigenvalue weighted by atomic mass is 31.2. The van der Waals surface area contributed by atoms with Crippen LogP contribution in [0.15, 0.2) is 0 Å². The third kappa shape index (κ3) is 7.50. The molecule has 1 unspecified atom stereocenters. The minimum Gasteiger partial charge on any atom is -0.480 e. The summed E-state index contributed by atoms with van der Waals surface area (Å²) in [5.41, 5.74) is 4.87. The molecule has 1 atom stereocenters. The molecule has 0 aromatic carbocycles. The number of hydrogen-bond acceptors (Lipinski definition) is 6. The van der Waals surface area contributed by atoms with E-state index < -0.39 is 51.5 Å². The van der Waals surface area contributed by atoms with Gasteiger partial charge in [0.2, 0.25) is 11.7 Å². The number of guanidine groups is 2. The molecule has 1 saturated heterocycles. The molecule has 27 heavy (non-hydrogen) atoms. The average Bonchev–Trinajstić information content (AvgIpc) is 2.77. The van der Waals surface area contributed by atoms with Gasteiger partial charge >= 0.3 is 27.3 Å². The van der Waals surface area contributed by atoms with Crippen LogP contribution in [0.5, 0.6) is 0 Å². The van der Waals surface area contributed by atoms with Crippen LogP contribution >= 0.6 is 15.3 Å². The van der Waals surface area contributed by atoms with E-state index in [1.807, 2.05) is 0 Å². The molecule has 0 bridgehead atoms. The molecule has 10 N–H and O–H groups in total. The van der Waals surface area contributed by atoms with Crippen LogP contribution in [-0.4, -0.2) is 101 Å². The lowest BCUT2D eigenvalue weighted by Gasteiger charge is -2.24. The summed E-state index contributed by atoms with van der Waals surface area (Å²) in [6, 6.07) is 0. The standard InChI is InChI=1S/C5H10N3O5P.C4H10N3O5P/c6-5-7(3-4(9)10)1-2-8(5)14(11,12)13;1-7(4(5)6)2(3(8)9)13(10,11)12/h6H,1-3H2,(H,9,10)(H2,11,12,13);2H,1H3,(H3,5,6)(H,8,9)(H2,10,11,12). The number of carbonyl (C=O) groups is 2. The van der Waals surface area contributed by atoms with Crippen LogP contribution < -0.4 is 5.73 Å². The minimum absolute atomic E-state index is 0.0314. The number of nitrogens with zero attached hydrogens (tertiary/aromatic N) is 3. The summed E-state index contributed by atoms with van der Waals surface area (Å²) < 4.78 is 22.0. The molecule has 0 spiro atoms. The molecule has 0 aromatic rings. The number of nitrogens with two attached hydrogens (primary N) is 1. The molecule has 0 amide bonds. The van der Waals surface area contributed by atoms with E-state index in [-0.39, 0.29) is 13.1 Å². The first-order valence-electron chi connectivity index (χ1n) is 6.73. The van der Waals surface area contributed by atoms with Gasteiger partial charge in [0.25, 0.3) is 0 Å². The summed E-state index contributed by atoms with van der Waals surface area (Å²) in [4.78, 5) is 57.0. The second-order valence-corrected chi connectivity index (χ2v) is 8.25. The van der Waals surface area contributed by atoms with Crippen molar-refractivity contribution in [2.45, 2.75) is 5.78 Å². The maximum absolute atomic E-state index is 10.8. The molecular formula is C9H20N6O10P2. The first-order chi connectivity index (χ1) is 12.0. The Labute approximate surface area is 152 Å². The van der Waals surface area contributed by atoms with Gasteiger partial charge in [-0.3, -0.25) is 20.2 Å². The highest BCUT2D eigenvalue weighted by Crippen LogP contribution is 2.42. The van der Waals surface area contributed by atoms with E-state index in [2.05, 4.69) is 0 Å². The van der Waals surface area contributed by atoms with E-state index in [9.17, 15) is 18.7 Å². The lowest BCUT2D eigenvalue weighted by molar-refractivity contribution is -0.139. The fourth-order valence-electron chi connectivity index (χ4n) is 1.83. The highest BCUT2D eigenvalue weighted by Gasteiger charge is 2.40. The van der Waals surface area contributed by atoms with Gasteiger partial charge in [0.05, 0.1) is 0 Å². The second-order valence-electron chi connectivity index (χ2n) is 5.07. The Morgan fingerprint density at radius 1 is 1.22 bits per heavy atom. The third-order valence-electron chi connectivity index (χ3n) is 3.05. The first kappa shape index (κ1) is 24.8. The predicted molar refractivity (Wildman–Crippen MR) is 88.8 cm³/mol. The van der Waals surface area contributed by atoms with E-state index >= 15 is 0 Å². The van der Waals surface area contributed by atoms with Crippen LogP contribution in [0.3, 0.4) is 0 Å². The SMILES string of the molecule is CN(C(=N)N)C(C(=O)O)P(=O)(O)O.N=C1N(CC(=O)O)CCN1P(=O)(O)O. The Kier molecular flexibility index (Phi) is 8.37. The van der Waals surface area contributed by atoms with Gasteiger partial charge in [-0.05, 0) is 0 Å². The third-order valence-corrected chi connectivity index (χ3v) is 5.28. The van der Waals surface area contributed by atoms with Gasteiger partial charge in [-0.2, -0.15) is 0 Å². The number of nitrogens with one attached hydrogen (secondary N) is 2. The molecule has 18 heteroatoms. The zero-order valence-electron chi connectivity index (χ0n) is 13.8. The van der Waals surface area contributed by atoms with Crippen LogP contribution in [0.4, 0.5) is 0 Å². The van der Waals surface area contributed by atoms with Crippen molar-refractivity contribution >= 4 is 39.2 Å². The molecule has 1 aliphatic heterocycles. The summed E-state index contributed by atoms with van der Waals surface area (Å²) in [5, 5.41) is 31.0. The lowest BCUT2D eigenvalue weighted by Crippen LogP contribution is -2.45. The zero-order chi connectivity index (χ0) is 21.7. The van der Waals surface area contributed by atoms with Crippen LogP contribution in [0, 0.1) is 10.8 Å². The van der Waals surface area contributed by atoms with Gasteiger partial charge in [0, 0.05) is 20.1 Å². The summed E-state index contributed by atoms with van der Waals surface area (Å²) in [7, 11) is -8.30. The first-order valence-corrected chi connectivity index (χ1v) is 9.98. The number of aliphatic carboxylic acids is 2. The smallest absolute Gasteiger partial charge is 0.432 e. The number of carboxylic acids is 2. The molecule has 1 aliphatic rings. The Morgan fingerprint density at radius 3 is 1.93 bits per heavy atom. The Bertz CT molecular complexity index is 703. The van der Waals surface area contributed by atoms with E-state index in [0.29, 0.717) is 9.57 Å². The number of rotatable bonds is 6. The Morgan fingerprint density at radius 2 is 1.70 bits per heavy atom.